The van der Waals surface area contributed by atoms with Crippen LogP contribution in [0.5, 0.6) is 0 Å². The molecule has 106 valence electrons. The minimum Gasteiger partial charge on any atom is -0.388 e. The van der Waals surface area contributed by atoms with E-state index in [1.807, 2.05) is 0 Å². The van der Waals surface area contributed by atoms with Crippen molar-refractivity contribution in [3.05, 3.63) is 35.1 Å². The van der Waals surface area contributed by atoms with Crippen LogP contribution in [0.4, 0.5) is 13.2 Å². The van der Waals surface area contributed by atoms with Crippen LogP contribution in [-0.4, -0.2) is 5.11 Å². The Hall–Kier alpha value is -1.03. The van der Waals surface area contributed by atoms with Gasteiger partial charge in [0.25, 0.3) is 0 Å². The van der Waals surface area contributed by atoms with Crippen molar-refractivity contribution in [1.29, 1.82) is 0 Å². The first kappa shape index (κ1) is 14.4. The second-order valence-corrected chi connectivity index (χ2v) is 5.41. The first-order valence-corrected chi connectivity index (χ1v) is 6.86. The van der Waals surface area contributed by atoms with Gasteiger partial charge in [-0.05, 0) is 30.7 Å². The van der Waals surface area contributed by atoms with Crippen molar-refractivity contribution in [2.24, 2.45) is 11.8 Å². The van der Waals surface area contributed by atoms with E-state index in [1.54, 1.807) is 0 Å². The van der Waals surface area contributed by atoms with Crippen molar-refractivity contribution in [1.82, 2.24) is 0 Å². The molecule has 0 heterocycles. The highest BCUT2D eigenvalue weighted by Crippen LogP contribution is 2.39. The van der Waals surface area contributed by atoms with E-state index in [-0.39, 0.29) is 11.5 Å². The maximum absolute atomic E-state index is 13.7. The van der Waals surface area contributed by atoms with Gasteiger partial charge in [-0.2, -0.15) is 0 Å². The van der Waals surface area contributed by atoms with Crippen LogP contribution in [0.15, 0.2) is 12.1 Å². The smallest absolute Gasteiger partial charge is 0.194 e. The minimum atomic E-state index is -1.50. The Balaban J connectivity index is 2.19. The number of rotatable bonds is 3. The zero-order valence-corrected chi connectivity index (χ0v) is 11.0. The normalized spacial score (nSPS) is 25.3. The molecule has 1 aliphatic carbocycles. The highest BCUT2D eigenvalue weighted by molar-refractivity contribution is 5.23. The van der Waals surface area contributed by atoms with Gasteiger partial charge >= 0.3 is 0 Å². The predicted molar refractivity (Wildman–Crippen MR) is 67.0 cm³/mol. The van der Waals surface area contributed by atoms with Crippen molar-refractivity contribution < 1.29 is 18.3 Å². The Labute approximate surface area is 111 Å². The van der Waals surface area contributed by atoms with E-state index in [0.29, 0.717) is 5.92 Å². The third kappa shape index (κ3) is 2.94. The van der Waals surface area contributed by atoms with Gasteiger partial charge in [0.05, 0.1) is 6.10 Å². The fraction of sp³-hybridized carbons (Fsp3) is 0.600. The maximum Gasteiger partial charge on any atom is 0.194 e. The lowest BCUT2D eigenvalue weighted by molar-refractivity contribution is 0.0643. The Kier molecular flexibility index (Phi) is 4.50. The first-order valence-electron chi connectivity index (χ1n) is 6.86. The summed E-state index contributed by atoms with van der Waals surface area (Å²) < 4.78 is 39.8. The summed E-state index contributed by atoms with van der Waals surface area (Å²) in [7, 11) is 0. The van der Waals surface area contributed by atoms with Crippen LogP contribution >= 0.6 is 0 Å². The van der Waals surface area contributed by atoms with E-state index < -0.39 is 23.6 Å². The lowest BCUT2D eigenvalue weighted by atomic mass is 9.76. The van der Waals surface area contributed by atoms with E-state index in [1.165, 1.54) is 0 Å². The van der Waals surface area contributed by atoms with Crippen molar-refractivity contribution in [2.45, 2.75) is 45.1 Å². The van der Waals surface area contributed by atoms with Crippen molar-refractivity contribution in [3.8, 4) is 0 Å². The SMILES string of the molecule is CCC1CCCC(C(O)c2ccc(F)c(F)c2F)C1. The monoisotopic (exact) mass is 272 g/mol. The molecule has 1 nitrogen and oxygen atoms in total. The highest BCUT2D eigenvalue weighted by Gasteiger charge is 2.30. The molecule has 0 saturated heterocycles. The summed E-state index contributed by atoms with van der Waals surface area (Å²) in [5.41, 5.74) is -0.124. The number of hydrogen-bond acceptors (Lipinski definition) is 1. The molecule has 0 aromatic heterocycles. The topological polar surface area (TPSA) is 20.2 Å². The third-order valence-corrected chi connectivity index (χ3v) is 4.23. The number of aliphatic hydroxyl groups is 1. The van der Waals surface area contributed by atoms with E-state index in [4.69, 9.17) is 0 Å². The highest BCUT2D eigenvalue weighted by atomic mass is 19.2. The molecule has 3 unspecified atom stereocenters. The molecule has 0 amide bonds. The molecule has 4 heteroatoms. The van der Waals surface area contributed by atoms with Gasteiger partial charge in [-0.1, -0.05) is 32.3 Å². The average Bonchev–Trinajstić information content (AvgIpc) is 2.44. The van der Waals surface area contributed by atoms with Gasteiger partial charge in [0.2, 0.25) is 0 Å². The number of hydrogen-bond donors (Lipinski definition) is 1. The summed E-state index contributed by atoms with van der Waals surface area (Å²) in [6.07, 6.45) is 3.71. The Morgan fingerprint density at radius 1 is 1.21 bits per heavy atom. The molecule has 19 heavy (non-hydrogen) atoms. The summed E-state index contributed by atoms with van der Waals surface area (Å²) in [4.78, 5) is 0. The Morgan fingerprint density at radius 2 is 1.95 bits per heavy atom. The summed E-state index contributed by atoms with van der Waals surface area (Å²) in [5.74, 6) is -3.52. The second kappa shape index (κ2) is 5.95. The molecule has 2 rings (SSSR count). The molecule has 1 N–H and O–H groups in total. The molecule has 3 atom stereocenters. The van der Waals surface area contributed by atoms with Gasteiger partial charge in [0, 0.05) is 5.56 Å². The molecule has 1 fully saturated rings. The molecule has 1 aromatic rings. The van der Waals surface area contributed by atoms with Gasteiger partial charge in [-0.25, -0.2) is 13.2 Å². The minimum absolute atomic E-state index is 0.0712. The molecule has 1 aliphatic rings. The zero-order chi connectivity index (χ0) is 14.0. The van der Waals surface area contributed by atoms with Crippen LogP contribution in [-0.2, 0) is 0 Å². The van der Waals surface area contributed by atoms with E-state index in [2.05, 4.69) is 6.92 Å². The Bertz CT molecular complexity index is 447. The van der Waals surface area contributed by atoms with E-state index >= 15 is 0 Å². The van der Waals surface area contributed by atoms with Crippen LogP contribution in [0.25, 0.3) is 0 Å². The van der Waals surface area contributed by atoms with Crippen LogP contribution in [0.3, 0.4) is 0 Å². The van der Waals surface area contributed by atoms with Gasteiger partial charge in [-0.3, -0.25) is 0 Å². The first-order chi connectivity index (χ1) is 9.04. The Morgan fingerprint density at radius 3 is 2.63 bits per heavy atom. The molecule has 1 aromatic carbocycles. The van der Waals surface area contributed by atoms with Gasteiger partial charge in [-0.15, -0.1) is 0 Å². The summed E-state index contributed by atoms with van der Waals surface area (Å²) in [6.45, 7) is 2.09. The van der Waals surface area contributed by atoms with Crippen LogP contribution in [0, 0.1) is 29.3 Å². The van der Waals surface area contributed by atoms with Crippen LogP contribution < -0.4 is 0 Å². The molecule has 0 spiro atoms. The number of halogens is 3. The maximum atomic E-state index is 13.7. The fourth-order valence-corrected chi connectivity index (χ4v) is 3.01. The van der Waals surface area contributed by atoms with Gasteiger partial charge in [0.15, 0.2) is 17.5 Å². The number of benzene rings is 1. The van der Waals surface area contributed by atoms with Crippen molar-refractivity contribution in [3.63, 3.8) is 0 Å². The predicted octanol–water partition coefficient (Wildman–Crippen LogP) is 4.35. The van der Waals surface area contributed by atoms with Crippen LogP contribution in [0.1, 0.15) is 50.7 Å². The van der Waals surface area contributed by atoms with Gasteiger partial charge in [0.1, 0.15) is 0 Å². The molecule has 0 bridgehead atoms. The summed E-state index contributed by atoms with van der Waals surface area (Å²) >= 11 is 0. The average molecular weight is 272 g/mol. The van der Waals surface area contributed by atoms with Crippen molar-refractivity contribution in [2.75, 3.05) is 0 Å². The van der Waals surface area contributed by atoms with Crippen molar-refractivity contribution >= 4 is 0 Å². The third-order valence-electron chi connectivity index (χ3n) is 4.23. The molecule has 0 radical (unpaired) electrons. The molecule has 0 aliphatic heterocycles. The number of aliphatic hydroxyl groups excluding tert-OH is 1. The quantitative estimate of drug-likeness (QED) is 0.811. The largest absolute Gasteiger partial charge is 0.388 e. The van der Waals surface area contributed by atoms with Gasteiger partial charge < -0.3 is 5.11 Å². The standard InChI is InChI=1S/C15H19F3O/c1-2-9-4-3-5-10(8-9)15(19)11-6-7-12(16)14(18)13(11)17/h6-7,9-10,15,19H,2-5,8H2,1H3. The summed E-state index contributed by atoms with van der Waals surface area (Å²) in [6, 6.07) is 2.02. The zero-order valence-electron chi connectivity index (χ0n) is 11.0. The molecular weight excluding hydrogens is 253 g/mol. The summed E-state index contributed by atoms with van der Waals surface area (Å²) in [5, 5.41) is 10.2. The second-order valence-electron chi connectivity index (χ2n) is 5.41. The lowest BCUT2D eigenvalue weighted by Crippen LogP contribution is -2.22. The van der Waals surface area contributed by atoms with E-state index in [0.717, 1.165) is 44.2 Å². The molecule has 1 saturated carbocycles. The van der Waals surface area contributed by atoms with E-state index in [9.17, 15) is 18.3 Å². The van der Waals surface area contributed by atoms with Crippen LogP contribution in [0.2, 0.25) is 0 Å². The fourth-order valence-electron chi connectivity index (χ4n) is 3.01. The lowest BCUT2D eigenvalue weighted by Gasteiger charge is -2.32. The molecular formula is C15H19F3O.